The zero-order valence-corrected chi connectivity index (χ0v) is 10.6. The highest BCUT2D eigenvalue weighted by Gasteiger charge is 2.11. The predicted molar refractivity (Wildman–Crippen MR) is 70.2 cm³/mol. The molecule has 0 fully saturated rings. The van der Waals surface area contributed by atoms with E-state index in [-0.39, 0.29) is 5.63 Å². The Kier molecular flexibility index (Phi) is 3.32. The van der Waals surface area contributed by atoms with Crippen LogP contribution in [0.5, 0.6) is 0 Å². The molecule has 1 aromatic heterocycles. The molecule has 0 saturated heterocycles. The van der Waals surface area contributed by atoms with Crippen molar-refractivity contribution in [3.05, 3.63) is 46.3 Å². The number of para-hydroxylation sites is 1. The van der Waals surface area contributed by atoms with Gasteiger partial charge >= 0.3 is 5.63 Å². The molecule has 0 spiro atoms. The first-order chi connectivity index (χ1) is 8.08. The lowest BCUT2D eigenvalue weighted by atomic mass is 9.90. The second-order valence-corrected chi connectivity index (χ2v) is 5.01. The van der Waals surface area contributed by atoms with E-state index in [1.54, 1.807) is 6.07 Å². The molecule has 2 heteroatoms. The lowest BCUT2D eigenvalue weighted by Crippen LogP contribution is -2.10. The number of hydrogen-bond donors (Lipinski definition) is 0. The van der Waals surface area contributed by atoms with Gasteiger partial charge in [-0.1, -0.05) is 39.0 Å². The van der Waals surface area contributed by atoms with Crippen LogP contribution in [0, 0.1) is 11.8 Å². The third-order valence-corrected chi connectivity index (χ3v) is 3.42. The summed E-state index contributed by atoms with van der Waals surface area (Å²) in [6, 6.07) is 9.36. The van der Waals surface area contributed by atoms with E-state index in [1.807, 2.05) is 24.3 Å². The van der Waals surface area contributed by atoms with Crippen LogP contribution in [0.4, 0.5) is 0 Å². The number of rotatable bonds is 3. The van der Waals surface area contributed by atoms with E-state index in [1.165, 1.54) is 0 Å². The molecular formula is C15H18O2. The highest BCUT2D eigenvalue weighted by Crippen LogP contribution is 2.22. The van der Waals surface area contributed by atoms with E-state index in [0.717, 1.165) is 17.4 Å². The summed E-state index contributed by atoms with van der Waals surface area (Å²) < 4.78 is 5.19. The highest BCUT2D eigenvalue weighted by atomic mass is 16.4. The predicted octanol–water partition coefficient (Wildman–Crippen LogP) is 3.63. The van der Waals surface area contributed by atoms with E-state index in [4.69, 9.17) is 4.42 Å². The molecule has 17 heavy (non-hydrogen) atoms. The van der Waals surface area contributed by atoms with Crippen molar-refractivity contribution in [3.63, 3.8) is 0 Å². The molecule has 0 N–H and O–H groups in total. The Morgan fingerprint density at radius 3 is 2.59 bits per heavy atom. The van der Waals surface area contributed by atoms with Gasteiger partial charge in [0.2, 0.25) is 0 Å². The van der Waals surface area contributed by atoms with Gasteiger partial charge in [0.25, 0.3) is 0 Å². The maximum Gasteiger partial charge on any atom is 0.336 e. The molecule has 0 saturated carbocycles. The van der Waals surface area contributed by atoms with Gasteiger partial charge in [0.15, 0.2) is 0 Å². The second-order valence-electron chi connectivity index (χ2n) is 5.01. The first-order valence-electron chi connectivity index (χ1n) is 6.09. The molecule has 0 aliphatic rings. The molecule has 0 aliphatic heterocycles. The molecule has 1 atom stereocenters. The Hall–Kier alpha value is -1.57. The van der Waals surface area contributed by atoms with E-state index >= 15 is 0 Å². The van der Waals surface area contributed by atoms with Crippen molar-refractivity contribution in [2.45, 2.75) is 27.2 Å². The van der Waals surface area contributed by atoms with Crippen LogP contribution in [0.3, 0.4) is 0 Å². The summed E-state index contributed by atoms with van der Waals surface area (Å²) in [5.41, 5.74) is 1.53. The van der Waals surface area contributed by atoms with Crippen LogP contribution in [0.25, 0.3) is 11.0 Å². The van der Waals surface area contributed by atoms with Crippen LogP contribution in [0.15, 0.2) is 39.5 Å². The average Bonchev–Trinajstić information content (AvgIpc) is 2.28. The zero-order chi connectivity index (χ0) is 12.4. The molecule has 0 amide bonds. The summed E-state index contributed by atoms with van der Waals surface area (Å²) >= 11 is 0. The largest absolute Gasteiger partial charge is 0.423 e. The summed E-state index contributed by atoms with van der Waals surface area (Å²) in [6.45, 7) is 6.63. The van der Waals surface area contributed by atoms with Crippen molar-refractivity contribution in [2.24, 2.45) is 11.8 Å². The standard InChI is InChI=1S/C15H18O2/c1-10(2)11(3)8-12-9-15(16)17-14-7-5-4-6-13(12)14/h4-7,9-11H,8H2,1-3H3. The molecule has 0 bridgehead atoms. The van der Waals surface area contributed by atoms with Gasteiger partial charge in [-0.25, -0.2) is 4.79 Å². The summed E-state index contributed by atoms with van der Waals surface area (Å²) in [6.07, 6.45) is 0.920. The maximum atomic E-state index is 11.5. The quantitative estimate of drug-likeness (QED) is 0.754. The van der Waals surface area contributed by atoms with Gasteiger partial charge in [-0.05, 0) is 29.9 Å². The van der Waals surface area contributed by atoms with Crippen LogP contribution in [-0.4, -0.2) is 0 Å². The fourth-order valence-corrected chi connectivity index (χ4v) is 1.93. The van der Waals surface area contributed by atoms with Crippen molar-refractivity contribution >= 4 is 11.0 Å². The van der Waals surface area contributed by atoms with Gasteiger partial charge in [0.05, 0.1) is 0 Å². The molecule has 2 aromatic rings. The summed E-state index contributed by atoms with van der Waals surface area (Å²) in [5, 5.41) is 1.06. The van der Waals surface area contributed by atoms with Gasteiger partial charge in [0, 0.05) is 11.5 Å². The topological polar surface area (TPSA) is 30.2 Å². The minimum atomic E-state index is -0.255. The minimum absolute atomic E-state index is 0.255. The lowest BCUT2D eigenvalue weighted by Gasteiger charge is -2.16. The zero-order valence-electron chi connectivity index (χ0n) is 10.6. The van der Waals surface area contributed by atoms with Crippen molar-refractivity contribution in [3.8, 4) is 0 Å². The minimum Gasteiger partial charge on any atom is -0.423 e. The lowest BCUT2D eigenvalue weighted by molar-refractivity contribution is 0.417. The molecule has 0 radical (unpaired) electrons. The summed E-state index contributed by atoms with van der Waals surface area (Å²) in [4.78, 5) is 11.5. The molecule has 0 aliphatic carbocycles. The normalized spacial score (nSPS) is 13.2. The van der Waals surface area contributed by atoms with E-state index < -0.39 is 0 Å². The molecule has 2 nitrogen and oxygen atoms in total. The SMILES string of the molecule is CC(C)C(C)Cc1cc(=O)oc2ccccc12. The molecule has 1 heterocycles. The van der Waals surface area contributed by atoms with Crippen molar-refractivity contribution in [1.29, 1.82) is 0 Å². The second kappa shape index (κ2) is 4.74. The van der Waals surface area contributed by atoms with Crippen LogP contribution in [0.1, 0.15) is 26.3 Å². The van der Waals surface area contributed by atoms with Crippen molar-refractivity contribution in [2.75, 3.05) is 0 Å². The summed E-state index contributed by atoms with van der Waals surface area (Å²) in [5.74, 6) is 1.17. The molecular weight excluding hydrogens is 212 g/mol. The first-order valence-corrected chi connectivity index (χ1v) is 6.09. The van der Waals surface area contributed by atoms with Crippen LogP contribution in [0.2, 0.25) is 0 Å². The maximum absolute atomic E-state index is 11.5. The smallest absolute Gasteiger partial charge is 0.336 e. The average molecular weight is 230 g/mol. The molecule has 90 valence electrons. The molecule has 2 rings (SSSR count). The van der Waals surface area contributed by atoms with Crippen molar-refractivity contribution in [1.82, 2.24) is 0 Å². The Bertz CT molecular complexity index is 566. The van der Waals surface area contributed by atoms with Crippen LogP contribution >= 0.6 is 0 Å². The first kappa shape index (κ1) is 11.9. The van der Waals surface area contributed by atoms with Crippen molar-refractivity contribution < 1.29 is 4.42 Å². The Morgan fingerprint density at radius 2 is 1.88 bits per heavy atom. The fourth-order valence-electron chi connectivity index (χ4n) is 1.93. The van der Waals surface area contributed by atoms with Gasteiger partial charge in [-0.2, -0.15) is 0 Å². The highest BCUT2D eigenvalue weighted by molar-refractivity contribution is 5.79. The Balaban J connectivity index is 2.49. The Labute approximate surface area is 101 Å². The van der Waals surface area contributed by atoms with Gasteiger partial charge in [-0.15, -0.1) is 0 Å². The van der Waals surface area contributed by atoms with Crippen LogP contribution < -0.4 is 5.63 Å². The fraction of sp³-hybridized carbons (Fsp3) is 0.400. The summed E-state index contributed by atoms with van der Waals surface area (Å²) in [7, 11) is 0. The number of benzene rings is 1. The third kappa shape index (κ3) is 2.57. The van der Waals surface area contributed by atoms with Gasteiger partial charge < -0.3 is 4.42 Å². The molecule has 1 unspecified atom stereocenters. The number of fused-ring (bicyclic) bond motifs is 1. The third-order valence-electron chi connectivity index (χ3n) is 3.42. The van der Waals surface area contributed by atoms with Gasteiger partial charge in [0.1, 0.15) is 5.58 Å². The van der Waals surface area contributed by atoms with Gasteiger partial charge in [-0.3, -0.25) is 0 Å². The van der Waals surface area contributed by atoms with Crippen LogP contribution in [-0.2, 0) is 6.42 Å². The molecule has 1 aromatic carbocycles. The van der Waals surface area contributed by atoms with E-state index in [0.29, 0.717) is 17.4 Å². The Morgan fingerprint density at radius 1 is 1.18 bits per heavy atom. The number of hydrogen-bond acceptors (Lipinski definition) is 2. The van der Waals surface area contributed by atoms with E-state index in [9.17, 15) is 4.79 Å². The monoisotopic (exact) mass is 230 g/mol. The van der Waals surface area contributed by atoms with E-state index in [2.05, 4.69) is 20.8 Å².